The summed E-state index contributed by atoms with van der Waals surface area (Å²) >= 11 is 11.6. The van der Waals surface area contributed by atoms with Crippen molar-refractivity contribution in [1.82, 2.24) is 15.0 Å². The number of fused-ring (bicyclic) bond motifs is 1. The molecule has 0 saturated carbocycles. The zero-order valence-electron chi connectivity index (χ0n) is 9.22. The lowest BCUT2D eigenvalue weighted by molar-refractivity contribution is 0.584. The molecule has 0 amide bonds. The van der Waals surface area contributed by atoms with Crippen LogP contribution in [0.15, 0.2) is 24.3 Å². The van der Waals surface area contributed by atoms with Gasteiger partial charge in [0.15, 0.2) is 5.65 Å². The van der Waals surface area contributed by atoms with Gasteiger partial charge in [0.25, 0.3) is 0 Å². The SMILES string of the molecule is Fc1cc(F)cc(-c2nc3nc(Cl)c(Cl)cc3[nH]2)c1. The maximum absolute atomic E-state index is 13.2. The zero-order chi connectivity index (χ0) is 13.6. The molecule has 3 rings (SSSR count). The number of imidazole rings is 1. The standard InChI is InChI=1S/C12H5Cl2F2N3/c13-8-4-9-12(18-10(8)14)19-11(17-9)5-1-6(15)3-7(16)2-5/h1-4H,(H,17,18,19). The van der Waals surface area contributed by atoms with Crippen LogP contribution >= 0.6 is 23.2 Å². The highest BCUT2D eigenvalue weighted by Crippen LogP contribution is 2.26. The fraction of sp³-hybridized carbons (Fsp3) is 0. The molecule has 7 heteroatoms. The molecule has 0 aliphatic carbocycles. The second kappa shape index (κ2) is 4.43. The van der Waals surface area contributed by atoms with Crippen molar-refractivity contribution in [2.45, 2.75) is 0 Å². The maximum atomic E-state index is 13.2. The number of benzene rings is 1. The van der Waals surface area contributed by atoms with E-state index in [-0.39, 0.29) is 15.7 Å². The Labute approximate surface area is 116 Å². The summed E-state index contributed by atoms with van der Waals surface area (Å²) < 4.78 is 26.3. The quantitative estimate of drug-likeness (QED) is 0.684. The molecular formula is C12H5Cl2F2N3. The van der Waals surface area contributed by atoms with Crippen molar-refractivity contribution in [2.24, 2.45) is 0 Å². The van der Waals surface area contributed by atoms with E-state index in [1.807, 2.05) is 0 Å². The van der Waals surface area contributed by atoms with Crippen molar-refractivity contribution in [3.05, 3.63) is 46.1 Å². The van der Waals surface area contributed by atoms with Crippen molar-refractivity contribution in [2.75, 3.05) is 0 Å². The number of nitrogens with one attached hydrogen (secondary N) is 1. The lowest BCUT2D eigenvalue weighted by Gasteiger charge is -1.97. The van der Waals surface area contributed by atoms with E-state index in [4.69, 9.17) is 23.2 Å². The molecule has 0 saturated heterocycles. The number of pyridine rings is 1. The molecule has 0 atom stereocenters. The highest BCUT2D eigenvalue weighted by Gasteiger charge is 2.11. The average molecular weight is 300 g/mol. The monoisotopic (exact) mass is 299 g/mol. The Balaban J connectivity index is 2.20. The van der Waals surface area contributed by atoms with E-state index >= 15 is 0 Å². The first-order valence-corrected chi connectivity index (χ1v) is 5.97. The number of halogens is 4. The van der Waals surface area contributed by atoms with Crippen LogP contribution in [-0.4, -0.2) is 15.0 Å². The summed E-state index contributed by atoms with van der Waals surface area (Å²) in [7, 11) is 0. The Bertz CT molecular complexity index is 727. The molecule has 3 nitrogen and oxygen atoms in total. The summed E-state index contributed by atoms with van der Waals surface area (Å²) in [6, 6.07) is 4.69. The minimum absolute atomic E-state index is 0.123. The van der Waals surface area contributed by atoms with Crippen LogP contribution in [0.2, 0.25) is 10.2 Å². The van der Waals surface area contributed by atoms with Gasteiger partial charge in [0.05, 0.1) is 10.5 Å². The fourth-order valence-electron chi connectivity index (χ4n) is 1.72. The second-order valence-electron chi connectivity index (χ2n) is 3.88. The Kier molecular flexibility index (Phi) is 2.88. The van der Waals surface area contributed by atoms with Crippen LogP contribution in [0.5, 0.6) is 0 Å². The first-order valence-electron chi connectivity index (χ1n) is 5.21. The van der Waals surface area contributed by atoms with Gasteiger partial charge in [-0.2, -0.15) is 0 Å². The topological polar surface area (TPSA) is 41.6 Å². The molecule has 1 aromatic carbocycles. The normalized spacial score (nSPS) is 11.2. The largest absolute Gasteiger partial charge is 0.337 e. The van der Waals surface area contributed by atoms with Crippen molar-refractivity contribution in [3.63, 3.8) is 0 Å². The average Bonchev–Trinajstić information content (AvgIpc) is 2.71. The molecule has 0 bridgehead atoms. The molecule has 2 aromatic heterocycles. The Hall–Kier alpha value is -1.72. The van der Waals surface area contributed by atoms with Gasteiger partial charge in [0.1, 0.15) is 22.6 Å². The van der Waals surface area contributed by atoms with Crippen LogP contribution in [-0.2, 0) is 0 Å². The molecule has 0 fully saturated rings. The van der Waals surface area contributed by atoms with Crippen LogP contribution in [0.4, 0.5) is 8.78 Å². The Morgan fingerprint density at radius 3 is 2.32 bits per heavy atom. The number of hydrogen-bond acceptors (Lipinski definition) is 2. The molecule has 2 heterocycles. The lowest BCUT2D eigenvalue weighted by atomic mass is 10.2. The third-order valence-corrected chi connectivity index (χ3v) is 3.19. The van der Waals surface area contributed by atoms with Gasteiger partial charge in [0.2, 0.25) is 0 Å². The van der Waals surface area contributed by atoms with Crippen LogP contribution in [0.25, 0.3) is 22.6 Å². The Morgan fingerprint density at radius 1 is 0.947 bits per heavy atom. The van der Waals surface area contributed by atoms with Crippen molar-refractivity contribution >= 4 is 34.4 Å². The second-order valence-corrected chi connectivity index (χ2v) is 4.64. The molecule has 1 N–H and O–H groups in total. The van der Waals surface area contributed by atoms with Gasteiger partial charge in [-0.3, -0.25) is 0 Å². The molecular weight excluding hydrogens is 295 g/mol. The first-order chi connectivity index (χ1) is 9.02. The molecule has 0 spiro atoms. The van der Waals surface area contributed by atoms with Gasteiger partial charge >= 0.3 is 0 Å². The van der Waals surface area contributed by atoms with Crippen LogP contribution in [0, 0.1) is 11.6 Å². The minimum Gasteiger partial charge on any atom is -0.337 e. The van der Waals surface area contributed by atoms with E-state index in [9.17, 15) is 8.78 Å². The van der Waals surface area contributed by atoms with Gasteiger partial charge in [-0.15, -0.1) is 0 Å². The molecule has 0 radical (unpaired) electrons. The molecule has 0 aliphatic rings. The zero-order valence-corrected chi connectivity index (χ0v) is 10.7. The Morgan fingerprint density at radius 2 is 1.63 bits per heavy atom. The summed E-state index contributed by atoms with van der Waals surface area (Å²) in [5.41, 5.74) is 1.14. The first kappa shape index (κ1) is 12.3. The fourth-order valence-corrected chi connectivity index (χ4v) is 2.01. The van der Waals surface area contributed by atoms with E-state index in [0.29, 0.717) is 17.0 Å². The number of aromatic amines is 1. The van der Waals surface area contributed by atoms with Crippen LogP contribution < -0.4 is 0 Å². The third-order valence-electron chi connectivity index (χ3n) is 2.52. The highest BCUT2D eigenvalue weighted by molar-refractivity contribution is 6.41. The van der Waals surface area contributed by atoms with Gasteiger partial charge in [-0.1, -0.05) is 23.2 Å². The predicted molar refractivity (Wildman–Crippen MR) is 69.3 cm³/mol. The predicted octanol–water partition coefficient (Wildman–Crippen LogP) is 4.21. The lowest BCUT2D eigenvalue weighted by Crippen LogP contribution is -1.85. The smallest absolute Gasteiger partial charge is 0.179 e. The minimum atomic E-state index is -0.681. The number of aromatic nitrogens is 3. The van der Waals surface area contributed by atoms with Crippen LogP contribution in [0.1, 0.15) is 0 Å². The number of nitrogens with zero attached hydrogens (tertiary/aromatic N) is 2. The van der Waals surface area contributed by atoms with Crippen molar-refractivity contribution < 1.29 is 8.78 Å². The molecule has 0 aliphatic heterocycles. The summed E-state index contributed by atoms with van der Waals surface area (Å²) in [6.07, 6.45) is 0. The molecule has 96 valence electrons. The number of rotatable bonds is 1. The number of H-pyrrole nitrogens is 1. The highest BCUT2D eigenvalue weighted by atomic mass is 35.5. The van der Waals surface area contributed by atoms with Gasteiger partial charge in [-0.05, 0) is 18.2 Å². The van der Waals surface area contributed by atoms with Crippen LogP contribution in [0.3, 0.4) is 0 Å². The third kappa shape index (κ3) is 2.27. The summed E-state index contributed by atoms with van der Waals surface area (Å²) in [5, 5.41) is 0.396. The van der Waals surface area contributed by atoms with Crippen molar-refractivity contribution in [1.29, 1.82) is 0 Å². The van der Waals surface area contributed by atoms with E-state index in [2.05, 4.69) is 15.0 Å². The van der Waals surface area contributed by atoms with E-state index in [0.717, 1.165) is 6.07 Å². The van der Waals surface area contributed by atoms with Gasteiger partial charge in [0, 0.05) is 11.6 Å². The molecule has 19 heavy (non-hydrogen) atoms. The van der Waals surface area contributed by atoms with E-state index in [1.54, 1.807) is 6.07 Å². The van der Waals surface area contributed by atoms with E-state index in [1.165, 1.54) is 12.1 Å². The van der Waals surface area contributed by atoms with Crippen molar-refractivity contribution in [3.8, 4) is 11.4 Å². The molecule has 3 aromatic rings. The van der Waals surface area contributed by atoms with Gasteiger partial charge in [-0.25, -0.2) is 18.7 Å². The number of hydrogen-bond donors (Lipinski definition) is 1. The summed E-state index contributed by atoms with van der Waals surface area (Å²) in [6.45, 7) is 0. The van der Waals surface area contributed by atoms with E-state index < -0.39 is 11.6 Å². The summed E-state index contributed by atoms with van der Waals surface area (Å²) in [4.78, 5) is 11.0. The van der Waals surface area contributed by atoms with Gasteiger partial charge < -0.3 is 4.98 Å². The molecule has 0 unspecified atom stereocenters. The summed E-state index contributed by atoms with van der Waals surface area (Å²) in [5.74, 6) is -1.07. The maximum Gasteiger partial charge on any atom is 0.179 e.